The molecule has 2 heterocycles. The number of likely N-dealkylation sites (tertiary alicyclic amines) is 1. The van der Waals surface area contributed by atoms with Crippen LogP contribution in [0.1, 0.15) is 30.1 Å². The average Bonchev–Trinajstić information content (AvgIpc) is 3.27. The molecular formula is C23H26N4O4S. The number of nitrogens with zero attached hydrogens (tertiary/aromatic N) is 2. The van der Waals surface area contributed by atoms with Gasteiger partial charge in [-0.15, -0.1) is 0 Å². The minimum absolute atomic E-state index is 0.0278. The number of aromatic amines is 1. The molecule has 0 saturated carbocycles. The number of H-pyrrole nitrogens is 1. The monoisotopic (exact) mass is 454 g/mol. The maximum absolute atomic E-state index is 12.8. The predicted molar refractivity (Wildman–Crippen MR) is 123 cm³/mol. The third kappa shape index (κ3) is 4.53. The van der Waals surface area contributed by atoms with Crippen molar-refractivity contribution < 1.29 is 17.9 Å². The third-order valence-electron chi connectivity index (χ3n) is 5.69. The fraction of sp³-hybridized carbons (Fsp3) is 0.304. The summed E-state index contributed by atoms with van der Waals surface area (Å²) in [5.41, 5.74) is 2.52. The van der Waals surface area contributed by atoms with Gasteiger partial charge in [0.1, 0.15) is 16.5 Å². The van der Waals surface area contributed by atoms with E-state index in [4.69, 9.17) is 9.72 Å². The Bertz CT molecular complexity index is 1230. The van der Waals surface area contributed by atoms with E-state index >= 15 is 0 Å². The molecule has 0 spiro atoms. The Morgan fingerprint density at radius 2 is 2.09 bits per heavy atom. The Morgan fingerprint density at radius 3 is 2.84 bits per heavy atom. The van der Waals surface area contributed by atoms with Crippen LogP contribution in [-0.2, 0) is 14.8 Å². The number of carbonyl (C=O) groups excluding carboxylic acids is 1. The molecule has 8 nitrogen and oxygen atoms in total. The molecule has 168 valence electrons. The van der Waals surface area contributed by atoms with Crippen molar-refractivity contribution in [3.8, 4) is 5.75 Å². The molecule has 0 aliphatic carbocycles. The van der Waals surface area contributed by atoms with Crippen LogP contribution in [0, 0.1) is 0 Å². The van der Waals surface area contributed by atoms with Crippen LogP contribution in [0.2, 0.25) is 0 Å². The van der Waals surface area contributed by atoms with E-state index in [2.05, 4.69) is 9.71 Å². The van der Waals surface area contributed by atoms with Crippen molar-refractivity contribution in [2.24, 2.45) is 0 Å². The Balaban J connectivity index is 1.49. The number of sulfonamides is 1. The number of hydrogen-bond donors (Lipinski definition) is 2. The normalized spacial score (nSPS) is 17.2. The molecule has 1 aliphatic rings. The van der Waals surface area contributed by atoms with Crippen LogP contribution < -0.4 is 9.46 Å². The van der Waals surface area contributed by atoms with Crippen molar-refractivity contribution in [1.29, 1.82) is 0 Å². The number of ether oxygens (including phenoxy) is 1. The lowest BCUT2D eigenvalue weighted by Crippen LogP contribution is -2.38. The first-order chi connectivity index (χ1) is 15.4. The number of amides is 1. The van der Waals surface area contributed by atoms with Crippen LogP contribution in [0.4, 0.5) is 0 Å². The average molecular weight is 455 g/mol. The zero-order valence-corrected chi connectivity index (χ0v) is 18.9. The lowest BCUT2D eigenvalue weighted by atomic mass is 9.97. The van der Waals surface area contributed by atoms with E-state index in [1.54, 1.807) is 18.2 Å². The number of imidazole rings is 1. The molecule has 4 rings (SSSR count). The predicted octanol–water partition coefficient (Wildman–Crippen LogP) is 2.90. The first-order valence-corrected chi connectivity index (χ1v) is 11.9. The fourth-order valence-electron chi connectivity index (χ4n) is 3.96. The van der Waals surface area contributed by atoms with Gasteiger partial charge in [0.15, 0.2) is 0 Å². The van der Waals surface area contributed by atoms with E-state index in [1.165, 1.54) is 26.3 Å². The van der Waals surface area contributed by atoms with E-state index in [-0.39, 0.29) is 22.5 Å². The SMILES string of the molecule is CNS(=O)(=O)c1cc(/C=C/C(=O)N2CCCC(c3nc4ccccc4[nH]3)C2)ccc1OC. The van der Waals surface area contributed by atoms with Crippen molar-refractivity contribution in [2.45, 2.75) is 23.7 Å². The number of hydrogen-bond acceptors (Lipinski definition) is 5. The summed E-state index contributed by atoms with van der Waals surface area (Å²) in [5, 5.41) is 0. The Morgan fingerprint density at radius 1 is 1.28 bits per heavy atom. The summed E-state index contributed by atoms with van der Waals surface area (Å²) in [6.07, 6.45) is 4.98. The van der Waals surface area contributed by atoms with Crippen LogP contribution in [0.5, 0.6) is 5.75 Å². The molecule has 9 heteroatoms. The van der Waals surface area contributed by atoms with Gasteiger partial charge < -0.3 is 14.6 Å². The molecule has 1 aromatic heterocycles. The quantitative estimate of drug-likeness (QED) is 0.558. The van der Waals surface area contributed by atoms with Crippen molar-refractivity contribution in [1.82, 2.24) is 19.6 Å². The van der Waals surface area contributed by atoms with Crippen LogP contribution in [0.15, 0.2) is 53.4 Å². The number of nitrogens with one attached hydrogen (secondary N) is 2. The highest BCUT2D eigenvalue weighted by molar-refractivity contribution is 7.89. The van der Waals surface area contributed by atoms with Gasteiger partial charge in [-0.25, -0.2) is 18.1 Å². The maximum atomic E-state index is 12.8. The summed E-state index contributed by atoms with van der Waals surface area (Å²) in [4.78, 5) is 22.7. The van der Waals surface area contributed by atoms with Gasteiger partial charge in [0.05, 0.1) is 18.1 Å². The Kier molecular flexibility index (Phi) is 6.29. The highest BCUT2D eigenvalue weighted by atomic mass is 32.2. The molecule has 1 atom stereocenters. The molecule has 1 saturated heterocycles. The molecule has 2 N–H and O–H groups in total. The fourth-order valence-corrected chi connectivity index (χ4v) is 4.88. The second-order valence-electron chi connectivity index (χ2n) is 7.71. The van der Waals surface area contributed by atoms with E-state index in [0.717, 1.165) is 29.7 Å². The van der Waals surface area contributed by atoms with Crippen molar-refractivity contribution in [3.05, 3.63) is 59.9 Å². The number of piperidine rings is 1. The largest absolute Gasteiger partial charge is 0.495 e. The van der Waals surface area contributed by atoms with Gasteiger partial charge in [-0.05, 0) is 55.8 Å². The smallest absolute Gasteiger partial charge is 0.246 e. The van der Waals surface area contributed by atoms with E-state index in [0.29, 0.717) is 18.7 Å². The molecule has 0 bridgehead atoms. The lowest BCUT2D eigenvalue weighted by Gasteiger charge is -2.31. The summed E-state index contributed by atoms with van der Waals surface area (Å²) in [6, 6.07) is 12.7. The van der Waals surface area contributed by atoms with Gasteiger partial charge in [0.25, 0.3) is 0 Å². The van der Waals surface area contributed by atoms with E-state index in [9.17, 15) is 13.2 Å². The summed E-state index contributed by atoms with van der Waals surface area (Å²) in [7, 11) is -0.929. The van der Waals surface area contributed by atoms with Crippen molar-refractivity contribution in [3.63, 3.8) is 0 Å². The van der Waals surface area contributed by atoms with Crippen molar-refractivity contribution >= 4 is 33.0 Å². The number of methoxy groups -OCH3 is 1. The van der Waals surface area contributed by atoms with Gasteiger partial charge in [0, 0.05) is 25.1 Å². The molecular weight excluding hydrogens is 428 g/mol. The van der Waals surface area contributed by atoms with Gasteiger partial charge in [-0.1, -0.05) is 18.2 Å². The standard InChI is InChI=1S/C23H26N4O4S/c1-24-32(29,30)21-14-16(9-11-20(21)31-2)10-12-22(28)27-13-5-6-17(15-27)23-25-18-7-3-4-8-19(18)26-23/h3-4,7-12,14,17,24H,5-6,13,15H2,1-2H3,(H,25,26)/b12-10+. The first-order valence-electron chi connectivity index (χ1n) is 10.4. The van der Waals surface area contributed by atoms with E-state index in [1.807, 2.05) is 29.2 Å². The van der Waals surface area contributed by atoms with Gasteiger partial charge >= 0.3 is 0 Å². The minimum Gasteiger partial charge on any atom is -0.495 e. The van der Waals surface area contributed by atoms with Crippen LogP contribution in [0.25, 0.3) is 17.1 Å². The maximum Gasteiger partial charge on any atom is 0.246 e. The van der Waals surface area contributed by atoms with Gasteiger partial charge in [0.2, 0.25) is 15.9 Å². The van der Waals surface area contributed by atoms with Gasteiger partial charge in [-0.2, -0.15) is 0 Å². The highest BCUT2D eigenvalue weighted by Gasteiger charge is 2.26. The zero-order valence-electron chi connectivity index (χ0n) is 18.0. The number of carbonyl (C=O) groups is 1. The zero-order chi connectivity index (χ0) is 22.7. The highest BCUT2D eigenvalue weighted by Crippen LogP contribution is 2.28. The summed E-state index contributed by atoms with van der Waals surface area (Å²) in [5.74, 6) is 1.19. The minimum atomic E-state index is -3.69. The first kappa shape index (κ1) is 22.0. The number of fused-ring (bicyclic) bond motifs is 1. The molecule has 1 fully saturated rings. The molecule has 32 heavy (non-hydrogen) atoms. The Hall–Kier alpha value is -3.17. The Labute approximate surface area is 187 Å². The van der Waals surface area contributed by atoms with Crippen LogP contribution in [-0.4, -0.2) is 56.4 Å². The van der Waals surface area contributed by atoms with Crippen LogP contribution in [0.3, 0.4) is 0 Å². The number of benzene rings is 2. The summed E-state index contributed by atoms with van der Waals surface area (Å²) in [6.45, 7) is 1.27. The molecule has 1 unspecified atom stereocenters. The number of para-hydroxylation sites is 2. The summed E-state index contributed by atoms with van der Waals surface area (Å²) < 4.78 is 32.0. The molecule has 1 amide bonds. The topological polar surface area (TPSA) is 104 Å². The van der Waals surface area contributed by atoms with Crippen molar-refractivity contribution in [2.75, 3.05) is 27.2 Å². The summed E-state index contributed by atoms with van der Waals surface area (Å²) >= 11 is 0. The number of aromatic nitrogens is 2. The van der Waals surface area contributed by atoms with Crippen LogP contribution >= 0.6 is 0 Å². The van der Waals surface area contributed by atoms with E-state index < -0.39 is 10.0 Å². The number of rotatable bonds is 6. The lowest BCUT2D eigenvalue weighted by molar-refractivity contribution is -0.127. The molecule has 0 radical (unpaired) electrons. The second kappa shape index (κ2) is 9.13. The third-order valence-corrected chi connectivity index (χ3v) is 7.13. The molecule has 3 aromatic rings. The van der Waals surface area contributed by atoms with Gasteiger partial charge in [-0.3, -0.25) is 4.79 Å². The second-order valence-corrected chi connectivity index (χ2v) is 9.57. The molecule has 1 aliphatic heterocycles. The molecule has 2 aromatic carbocycles.